The summed E-state index contributed by atoms with van der Waals surface area (Å²) in [5.41, 5.74) is 0. The molecule has 0 saturated carbocycles. The molecule has 1 aliphatic heterocycles. The van der Waals surface area contributed by atoms with Crippen molar-refractivity contribution >= 4 is 5.91 Å². The minimum atomic E-state index is 0.192. The van der Waals surface area contributed by atoms with Crippen molar-refractivity contribution in [1.29, 1.82) is 0 Å². The number of ether oxygens (including phenoxy) is 1. The molecule has 1 fully saturated rings. The summed E-state index contributed by atoms with van der Waals surface area (Å²) < 4.78 is 5.74. The number of carbonyl (C=O) groups is 1. The summed E-state index contributed by atoms with van der Waals surface area (Å²) in [6, 6.07) is 0. The normalized spacial score (nSPS) is 19.4. The molecule has 17 heavy (non-hydrogen) atoms. The van der Waals surface area contributed by atoms with Crippen LogP contribution in [0, 0.1) is 0 Å². The van der Waals surface area contributed by atoms with Crippen molar-refractivity contribution in [1.82, 2.24) is 9.80 Å². The van der Waals surface area contributed by atoms with E-state index in [2.05, 4.69) is 18.7 Å². The number of amides is 1. The molecule has 1 unspecified atom stereocenters. The summed E-state index contributed by atoms with van der Waals surface area (Å²) in [5, 5.41) is 0. The summed E-state index contributed by atoms with van der Waals surface area (Å²) in [4.78, 5) is 15.5. The first-order valence-electron chi connectivity index (χ1n) is 6.73. The molecule has 1 atom stereocenters. The number of rotatable bonds is 6. The zero-order valence-electron chi connectivity index (χ0n) is 11.4. The molecule has 0 aromatic carbocycles. The van der Waals surface area contributed by atoms with Gasteiger partial charge >= 0.3 is 0 Å². The van der Waals surface area contributed by atoms with E-state index >= 15 is 0 Å². The molecule has 0 aromatic heterocycles. The van der Waals surface area contributed by atoms with E-state index in [1.807, 2.05) is 4.90 Å². The molecule has 0 radical (unpaired) electrons. The summed E-state index contributed by atoms with van der Waals surface area (Å²) in [6.45, 7) is 11.4. The van der Waals surface area contributed by atoms with E-state index in [-0.39, 0.29) is 5.91 Å². The Morgan fingerprint density at radius 1 is 1.29 bits per heavy atom. The fourth-order valence-electron chi connectivity index (χ4n) is 2.16. The predicted molar refractivity (Wildman–Crippen MR) is 69.0 cm³/mol. The largest absolute Gasteiger partial charge is 0.377 e. The molecule has 0 aromatic rings. The van der Waals surface area contributed by atoms with E-state index in [0.717, 1.165) is 45.8 Å². The third kappa shape index (κ3) is 5.50. The standard InChI is InChI=1S/C13H26N2O2/c1-4-5-12(2)17-11-10-14-6-8-15(9-7-14)13(3)16/h12H,4-11H2,1-3H3. The van der Waals surface area contributed by atoms with Gasteiger partial charge in [0.05, 0.1) is 12.7 Å². The molecule has 100 valence electrons. The van der Waals surface area contributed by atoms with Gasteiger partial charge in [-0.15, -0.1) is 0 Å². The van der Waals surface area contributed by atoms with Gasteiger partial charge in [0, 0.05) is 39.6 Å². The zero-order chi connectivity index (χ0) is 12.7. The summed E-state index contributed by atoms with van der Waals surface area (Å²) in [5.74, 6) is 0.192. The topological polar surface area (TPSA) is 32.8 Å². The van der Waals surface area contributed by atoms with Crippen molar-refractivity contribution in [2.75, 3.05) is 39.3 Å². The average molecular weight is 242 g/mol. The van der Waals surface area contributed by atoms with Crippen molar-refractivity contribution < 1.29 is 9.53 Å². The highest BCUT2D eigenvalue weighted by Gasteiger charge is 2.18. The smallest absolute Gasteiger partial charge is 0.219 e. The quantitative estimate of drug-likeness (QED) is 0.705. The van der Waals surface area contributed by atoms with Gasteiger partial charge in [-0.05, 0) is 13.3 Å². The first kappa shape index (κ1) is 14.5. The lowest BCUT2D eigenvalue weighted by molar-refractivity contribution is -0.130. The number of piperazine rings is 1. The van der Waals surface area contributed by atoms with E-state index in [1.165, 1.54) is 6.42 Å². The van der Waals surface area contributed by atoms with Crippen LogP contribution in [0.25, 0.3) is 0 Å². The van der Waals surface area contributed by atoms with Crippen molar-refractivity contribution in [3.8, 4) is 0 Å². The van der Waals surface area contributed by atoms with Crippen LogP contribution in [0.15, 0.2) is 0 Å². The Kier molecular flexibility index (Phi) is 6.52. The highest BCUT2D eigenvalue weighted by molar-refractivity contribution is 5.73. The van der Waals surface area contributed by atoms with Crippen molar-refractivity contribution in [3.05, 3.63) is 0 Å². The van der Waals surface area contributed by atoms with Crippen molar-refractivity contribution in [2.45, 2.75) is 39.7 Å². The molecule has 1 aliphatic rings. The fraction of sp³-hybridized carbons (Fsp3) is 0.923. The molecule has 0 bridgehead atoms. The maximum atomic E-state index is 11.2. The van der Waals surface area contributed by atoms with Crippen LogP contribution in [0.4, 0.5) is 0 Å². The van der Waals surface area contributed by atoms with E-state index in [1.54, 1.807) is 6.92 Å². The van der Waals surface area contributed by atoms with Gasteiger partial charge in [-0.25, -0.2) is 0 Å². The van der Waals surface area contributed by atoms with Crippen LogP contribution in [0.2, 0.25) is 0 Å². The highest BCUT2D eigenvalue weighted by Crippen LogP contribution is 2.04. The maximum absolute atomic E-state index is 11.2. The Morgan fingerprint density at radius 2 is 1.94 bits per heavy atom. The summed E-state index contributed by atoms with van der Waals surface area (Å²) in [7, 11) is 0. The molecular weight excluding hydrogens is 216 g/mol. The SMILES string of the molecule is CCCC(C)OCCN1CCN(C(C)=O)CC1. The Labute approximate surface area is 105 Å². The summed E-state index contributed by atoms with van der Waals surface area (Å²) >= 11 is 0. The van der Waals surface area contributed by atoms with Gasteiger partial charge in [-0.1, -0.05) is 13.3 Å². The second-order valence-electron chi connectivity index (χ2n) is 4.82. The lowest BCUT2D eigenvalue weighted by Crippen LogP contribution is -2.48. The van der Waals surface area contributed by atoms with Crippen molar-refractivity contribution in [3.63, 3.8) is 0 Å². The van der Waals surface area contributed by atoms with Gasteiger partial charge in [-0.3, -0.25) is 9.69 Å². The van der Waals surface area contributed by atoms with Crippen LogP contribution in [0.1, 0.15) is 33.6 Å². The molecule has 0 N–H and O–H groups in total. The second kappa shape index (κ2) is 7.67. The maximum Gasteiger partial charge on any atom is 0.219 e. The third-order valence-corrected chi connectivity index (χ3v) is 3.32. The number of hydrogen-bond acceptors (Lipinski definition) is 3. The van der Waals surface area contributed by atoms with Gasteiger partial charge < -0.3 is 9.64 Å². The van der Waals surface area contributed by atoms with Gasteiger partial charge in [0.25, 0.3) is 0 Å². The van der Waals surface area contributed by atoms with Crippen LogP contribution in [-0.4, -0.2) is 61.1 Å². The van der Waals surface area contributed by atoms with Crippen LogP contribution in [0.5, 0.6) is 0 Å². The molecule has 4 heteroatoms. The number of nitrogens with zero attached hydrogens (tertiary/aromatic N) is 2. The first-order valence-corrected chi connectivity index (χ1v) is 6.73. The summed E-state index contributed by atoms with van der Waals surface area (Å²) in [6.07, 6.45) is 2.69. The molecule has 1 heterocycles. The monoisotopic (exact) mass is 242 g/mol. The Bertz CT molecular complexity index is 225. The zero-order valence-corrected chi connectivity index (χ0v) is 11.4. The molecular formula is C13H26N2O2. The van der Waals surface area contributed by atoms with Crippen LogP contribution >= 0.6 is 0 Å². The third-order valence-electron chi connectivity index (χ3n) is 3.32. The number of hydrogen-bond donors (Lipinski definition) is 0. The lowest BCUT2D eigenvalue weighted by Gasteiger charge is -2.34. The second-order valence-corrected chi connectivity index (χ2v) is 4.82. The van der Waals surface area contributed by atoms with E-state index in [9.17, 15) is 4.79 Å². The average Bonchev–Trinajstić information content (AvgIpc) is 2.30. The van der Waals surface area contributed by atoms with E-state index in [4.69, 9.17) is 4.74 Å². The minimum absolute atomic E-state index is 0.192. The molecule has 4 nitrogen and oxygen atoms in total. The Balaban J connectivity index is 2.08. The Morgan fingerprint density at radius 3 is 2.47 bits per heavy atom. The van der Waals surface area contributed by atoms with E-state index < -0.39 is 0 Å². The molecule has 1 saturated heterocycles. The van der Waals surface area contributed by atoms with Gasteiger partial charge in [-0.2, -0.15) is 0 Å². The predicted octanol–water partition coefficient (Wildman–Crippen LogP) is 1.36. The Hall–Kier alpha value is -0.610. The highest BCUT2D eigenvalue weighted by atomic mass is 16.5. The molecule has 1 amide bonds. The fourth-order valence-corrected chi connectivity index (χ4v) is 2.16. The minimum Gasteiger partial charge on any atom is -0.377 e. The van der Waals surface area contributed by atoms with Gasteiger partial charge in [0.2, 0.25) is 5.91 Å². The molecule has 1 rings (SSSR count). The van der Waals surface area contributed by atoms with Crippen molar-refractivity contribution in [2.24, 2.45) is 0 Å². The molecule has 0 aliphatic carbocycles. The van der Waals surface area contributed by atoms with Gasteiger partial charge in [0.15, 0.2) is 0 Å². The first-order chi connectivity index (χ1) is 8.13. The van der Waals surface area contributed by atoms with Crippen LogP contribution < -0.4 is 0 Å². The lowest BCUT2D eigenvalue weighted by atomic mass is 10.2. The van der Waals surface area contributed by atoms with Gasteiger partial charge in [0.1, 0.15) is 0 Å². The number of carbonyl (C=O) groups excluding carboxylic acids is 1. The van der Waals surface area contributed by atoms with Crippen LogP contribution in [-0.2, 0) is 9.53 Å². The van der Waals surface area contributed by atoms with E-state index in [0.29, 0.717) is 6.10 Å². The molecule has 0 spiro atoms. The van der Waals surface area contributed by atoms with Crippen LogP contribution in [0.3, 0.4) is 0 Å².